The van der Waals surface area contributed by atoms with Gasteiger partial charge < -0.3 is 9.47 Å². The van der Waals surface area contributed by atoms with Crippen LogP contribution in [0.5, 0.6) is 11.5 Å². The smallest absolute Gasteiger partial charge is 0.395 e. The summed E-state index contributed by atoms with van der Waals surface area (Å²) in [5.74, 6) is -0.117. The molecule has 0 unspecified atom stereocenters. The van der Waals surface area contributed by atoms with Crippen molar-refractivity contribution in [1.29, 1.82) is 5.26 Å². The van der Waals surface area contributed by atoms with E-state index in [9.17, 15) is 8.78 Å². The summed E-state index contributed by atoms with van der Waals surface area (Å²) in [7, 11) is 0. The van der Waals surface area contributed by atoms with Crippen molar-refractivity contribution < 1.29 is 18.3 Å². The molecule has 0 amide bonds. The van der Waals surface area contributed by atoms with Crippen molar-refractivity contribution in [3.63, 3.8) is 0 Å². The molecule has 4 nitrogen and oxygen atoms in total. The maximum atomic E-state index is 13.1. The molecule has 1 aliphatic heterocycles. The Kier molecular flexibility index (Phi) is 2.57. The van der Waals surface area contributed by atoms with E-state index in [1.807, 2.05) is 6.07 Å². The number of aromatic nitrogens is 1. The lowest BCUT2D eigenvalue weighted by molar-refractivity contribution is -0.286. The molecule has 3 rings (SSSR count). The summed E-state index contributed by atoms with van der Waals surface area (Å²) in [5.41, 5.74) is 1.76. The van der Waals surface area contributed by atoms with Crippen molar-refractivity contribution in [1.82, 2.24) is 4.98 Å². The molecule has 20 heavy (non-hydrogen) atoms. The number of benzene rings is 1. The first-order valence-corrected chi connectivity index (χ1v) is 5.76. The van der Waals surface area contributed by atoms with Gasteiger partial charge in [0.1, 0.15) is 11.8 Å². The van der Waals surface area contributed by atoms with Crippen LogP contribution in [0.3, 0.4) is 0 Å². The van der Waals surface area contributed by atoms with Crippen molar-refractivity contribution in [3.05, 3.63) is 41.6 Å². The Hall–Kier alpha value is -2.68. The third-order valence-electron chi connectivity index (χ3n) is 2.79. The molecule has 2 aromatic rings. The van der Waals surface area contributed by atoms with Crippen LogP contribution in [0.4, 0.5) is 8.78 Å². The lowest BCUT2D eigenvalue weighted by atomic mass is 10.1. The number of para-hydroxylation sites is 1. The van der Waals surface area contributed by atoms with Crippen LogP contribution >= 0.6 is 0 Å². The molecule has 0 spiro atoms. The molecular formula is C14H8F2N2O2. The second-order valence-corrected chi connectivity index (χ2v) is 4.33. The minimum absolute atomic E-state index is 0.0469. The zero-order valence-electron chi connectivity index (χ0n) is 10.4. The summed E-state index contributed by atoms with van der Waals surface area (Å²) in [6.07, 6.45) is -3.68. The normalized spacial score (nSPS) is 14.9. The number of nitriles is 1. The van der Waals surface area contributed by atoms with E-state index in [0.717, 1.165) is 5.56 Å². The summed E-state index contributed by atoms with van der Waals surface area (Å²) >= 11 is 0. The SMILES string of the molecule is Cc1cc(C#N)nc(-c2cccc3c2OC(F)(F)O3)c1. The Morgan fingerprint density at radius 1 is 1.25 bits per heavy atom. The molecule has 0 bridgehead atoms. The van der Waals surface area contributed by atoms with Gasteiger partial charge in [-0.05, 0) is 36.8 Å². The predicted octanol–water partition coefficient (Wildman–Crippen LogP) is 3.25. The highest BCUT2D eigenvalue weighted by Crippen LogP contribution is 2.46. The first kappa shape index (κ1) is 12.4. The maximum absolute atomic E-state index is 13.1. The van der Waals surface area contributed by atoms with Crippen LogP contribution in [-0.2, 0) is 0 Å². The highest BCUT2D eigenvalue weighted by molar-refractivity contribution is 5.72. The van der Waals surface area contributed by atoms with Crippen molar-refractivity contribution in [2.45, 2.75) is 13.2 Å². The average molecular weight is 274 g/mol. The van der Waals surface area contributed by atoms with Crippen LogP contribution in [0.1, 0.15) is 11.3 Å². The molecular weight excluding hydrogens is 266 g/mol. The minimum atomic E-state index is -3.68. The van der Waals surface area contributed by atoms with Crippen molar-refractivity contribution in [2.75, 3.05) is 0 Å². The van der Waals surface area contributed by atoms with Gasteiger partial charge in [-0.15, -0.1) is 8.78 Å². The second kappa shape index (κ2) is 4.17. The van der Waals surface area contributed by atoms with Gasteiger partial charge in [-0.3, -0.25) is 0 Å². The molecule has 0 saturated heterocycles. The molecule has 0 radical (unpaired) electrons. The van der Waals surface area contributed by atoms with Crippen molar-refractivity contribution >= 4 is 0 Å². The van der Waals surface area contributed by atoms with Gasteiger partial charge in [-0.2, -0.15) is 5.26 Å². The third-order valence-corrected chi connectivity index (χ3v) is 2.79. The molecule has 100 valence electrons. The number of rotatable bonds is 1. The van der Waals surface area contributed by atoms with Crippen LogP contribution in [-0.4, -0.2) is 11.3 Å². The van der Waals surface area contributed by atoms with Gasteiger partial charge >= 0.3 is 6.29 Å². The Labute approximate surface area is 113 Å². The van der Waals surface area contributed by atoms with E-state index in [-0.39, 0.29) is 17.2 Å². The van der Waals surface area contributed by atoms with E-state index in [0.29, 0.717) is 11.3 Å². The Morgan fingerprint density at radius 2 is 2.05 bits per heavy atom. The van der Waals surface area contributed by atoms with Gasteiger partial charge in [-0.1, -0.05) is 6.07 Å². The quantitative estimate of drug-likeness (QED) is 0.801. The van der Waals surface area contributed by atoms with E-state index in [2.05, 4.69) is 14.5 Å². The van der Waals surface area contributed by atoms with Gasteiger partial charge in [0.05, 0.1) is 5.69 Å². The Morgan fingerprint density at radius 3 is 2.80 bits per heavy atom. The largest absolute Gasteiger partial charge is 0.586 e. The fraction of sp³-hybridized carbons (Fsp3) is 0.143. The maximum Gasteiger partial charge on any atom is 0.586 e. The fourth-order valence-electron chi connectivity index (χ4n) is 2.03. The highest BCUT2D eigenvalue weighted by atomic mass is 19.3. The van der Waals surface area contributed by atoms with Gasteiger partial charge in [0.15, 0.2) is 11.5 Å². The second-order valence-electron chi connectivity index (χ2n) is 4.33. The van der Waals surface area contributed by atoms with Crippen molar-refractivity contribution in [2.24, 2.45) is 0 Å². The monoisotopic (exact) mass is 274 g/mol. The molecule has 0 N–H and O–H groups in total. The van der Waals surface area contributed by atoms with Crippen molar-refractivity contribution in [3.8, 4) is 28.8 Å². The summed E-state index contributed by atoms with van der Waals surface area (Å²) in [5, 5.41) is 8.92. The number of fused-ring (bicyclic) bond motifs is 1. The molecule has 0 fully saturated rings. The topological polar surface area (TPSA) is 55.1 Å². The lowest BCUT2D eigenvalue weighted by Gasteiger charge is -2.07. The summed E-state index contributed by atoms with van der Waals surface area (Å²) < 4.78 is 35.2. The van der Waals surface area contributed by atoms with E-state index in [4.69, 9.17) is 5.26 Å². The van der Waals surface area contributed by atoms with Gasteiger partial charge in [0, 0.05) is 5.56 Å². The van der Waals surface area contributed by atoms with E-state index in [1.54, 1.807) is 31.2 Å². The van der Waals surface area contributed by atoms with Crippen LogP contribution in [0, 0.1) is 18.3 Å². The van der Waals surface area contributed by atoms with E-state index in [1.165, 1.54) is 6.07 Å². The summed E-state index contributed by atoms with van der Waals surface area (Å²) in [4.78, 5) is 4.11. The summed E-state index contributed by atoms with van der Waals surface area (Å²) in [6.45, 7) is 1.79. The van der Waals surface area contributed by atoms with Crippen LogP contribution in [0.2, 0.25) is 0 Å². The third kappa shape index (κ3) is 2.03. The zero-order chi connectivity index (χ0) is 14.3. The van der Waals surface area contributed by atoms with Crippen LogP contribution in [0.15, 0.2) is 30.3 Å². The standard InChI is InChI=1S/C14H8F2N2O2/c1-8-5-9(7-17)18-11(6-8)10-3-2-4-12-13(10)20-14(15,16)19-12/h2-6H,1H3. The number of nitrogens with zero attached hydrogens (tertiary/aromatic N) is 2. The number of aryl methyl sites for hydroxylation is 1. The number of halogens is 2. The number of pyridine rings is 1. The predicted molar refractivity (Wildman–Crippen MR) is 65.3 cm³/mol. The lowest BCUT2D eigenvalue weighted by Crippen LogP contribution is -2.26. The highest BCUT2D eigenvalue weighted by Gasteiger charge is 2.44. The average Bonchev–Trinajstić information content (AvgIpc) is 2.71. The minimum Gasteiger partial charge on any atom is -0.395 e. The number of ether oxygens (including phenoxy) is 2. The first-order valence-electron chi connectivity index (χ1n) is 5.76. The molecule has 6 heteroatoms. The van der Waals surface area contributed by atoms with Crippen LogP contribution < -0.4 is 9.47 Å². The zero-order valence-corrected chi connectivity index (χ0v) is 10.4. The molecule has 1 aromatic heterocycles. The Balaban J connectivity index is 2.16. The van der Waals surface area contributed by atoms with E-state index >= 15 is 0 Å². The number of hydrogen-bond donors (Lipinski definition) is 0. The first-order chi connectivity index (χ1) is 9.48. The van der Waals surface area contributed by atoms with Gasteiger partial charge in [-0.25, -0.2) is 4.98 Å². The Bertz CT molecular complexity index is 738. The van der Waals surface area contributed by atoms with Gasteiger partial charge in [0.25, 0.3) is 0 Å². The van der Waals surface area contributed by atoms with Gasteiger partial charge in [0.2, 0.25) is 0 Å². The van der Waals surface area contributed by atoms with E-state index < -0.39 is 6.29 Å². The molecule has 0 atom stereocenters. The number of hydrogen-bond acceptors (Lipinski definition) is 4. The number of alkyl halides is 2. The molecule has 2 heterocycles. The van der Waals surface area contributed by atoms with Crippen LogP contribution in [0.25, 0.3) is 11.3 Å². The fourth-order valence-corrected chi connectivity index (χ4v) is 2.03. The molecule has 1 aliphatic rings. The molecule has 0 aliphatic carbocycles. The molecule has 1 aromatic carbocycles. The molecule has 0 saturated carbocycles. The summed E-state index contributed by atoms with van der Waals surface area (Å²) in [6, 6.07) is 9.77.